The van der Waals surface area contributed by atoms with E-state index in [9.17, 15) is 17.2 Å². The van der Waals surface area contributed by atoms with Gasteiger partial charge in [0.1, 0.15) is 10.7 Å². The summed E-state index contributed by atoms with van der Waals surface area (Å²) in [5, 5.41) is 7.50. The van der Waals surface area contributed by atoms with Gasteiger partial charge < -0.3 is 5.32 Å². The van der Waals surface area contributed by atoms with Crippen LogP contribution in [0.1, 0.15) is 12.5 Å². The Morgan fingerprint density at radius 3 is 2.50 bits per heavy atom. The third kappa shape index (κ3) is 2.75. The van der Waals surface area contributed by atoms with Crippen LogP contribution < -0.4 is 10.5 Å². The number of rotatable bonds is 4. The van der Waals surface area contributed by atoms with Crippen LogP contribution in [-0.2, 0) is 16.6 Å². The Balaban J connectivity index is 3.27. The van der Waals surface area contributed by atoms with Crippen molar-refractivity contribution in [2.24, 2.45) is 5.14 Å². The summed E-state index contributed by atoms with van der Waals surface area (Å²) >= 11 is 0. The van der Waals surface area contributed by atoms with Crippen LogP contribution in [0.5, 0.6) is 0 Å². The maximum atomic E-state index is 13.6. The highest BCUT2D eigenvalue weighted by Gasteiger charge is 2.20. The molecule has 0 amide bonds. The largest absolute Gasteiger partial charge is 0.313 e. The average Bonchev–Trinajstić information content (AvgIpc) is 2.15. The first-order chi connectivity index (χ1) is 7.38. The molecule has 0 aliphatic heterocycles. The smallest absolute Gasteiger partial charge is 0.240 e. The molecule has 4 nitrogen and oxygen atoms in total. The summed E-state index contributed by atoms with van der Waals surface area (Å²) in [6, 6.07) is 1.70. The molecule has 7 heteroatoms. The zero-order chi connectivity index (χ0) is 12.3. The summed E-state index contributed by atoms with van der Waals surface area (Å²) < 4.78 is 48.8. The van der Waals surface area contributed by atoms with E-state index < -0.39 is 26.6 Å². The molecule has 3 N–H and O–H groups in total. The van der Waals surface area contributed by atoms with Gasteiger partial charge in [0, 0.05) is 12.1 Å². The molecule has 0 aliphatic rings. The summed E-state index contributed by atoms with van der Waals surface area (Å²) in [5.74, 6) is -1.94. The number of nitrogens with two attached hydrogens (primary N) is 1. The molecule has 0 spiro atoms. The number of hydrogen-bond donors (Lipinski definition) is 2. The number of primary sulfonamides is 1. The van der Waals surface area contributed by atoms with E-state index in [1.807, 2.05) is 0 Å². The molecule has 16 heavy (non-hydrogen) atoms. The van der Waals surface area contributed by atoms with Gasteiger partial charge in [-0.3, -0.25) is 0 Å². The molecule has 0 aromatic heterocycles. The lowest BCUT2D eigenvalue weighted by molar-refractivity contribution is 0.516. The van der Waals surface area contributed by atoms with Gasteiger partial charge in [-0.05, 0) is 18.7 Å². The van der Waals surface area contributed by atoms with Crippen molar-refractivity contribution in [1.29, 1.82) is 0 Å². The number of hydrogen-bond acceptors (Lipinski definition) is 3. The summed E-state index contributed by atoms with van der Waals surface area (Å²) in [6.45, 7) is 2.19. The molecule has 0 saturated carbocycles. The van der Waals surface area contributed by atoms with Gasteiger partial charge in [0.05, 0.1) is 0 Å². The van der Waals surface area contributed by atoms with Gasteiger partial charge in [-0.2, -0.15) is 0 Å². The van der Waals surface area contributed by atoms with E-state index >= 15 is 0 Å². The van der Waals surface area contributed by atoms with E-state index in [4.69, 9.17) is 5.14 Å². The maximum Gasteiger partial charge on any atom is 0.240 e. The second kappa shape index (κ2) is 4.86. The van der Waals surface area contributed by atoms with Crippen molar-refractivity contribution in [1.82, 2.24) is 5.32 Å². The van der Waals surface area contributed by atoms with E-state index in [2.05, 4.69) is 5.32 Å². The van der Waals surface area contributed by atoms with E-state index in [0.29, 0.717) is 6.54 Å². The van der Waals surface area contributed by atoms with Crippen LogP contribution in [0.25, 0.3) is 0 Å². The van der Waals surface area contributed by atoms with E-state index in [-0.39, 0.29) is 12.1 Å². The number of nitrogens with one attached hydrogen (secondary N) is 1. The fourth-order valence-electron chi connectivity index (χ4n) is 1.21. The van der Waals surface area contributed by atoms with E-state index in [1.54, 1.807) is 6.92 Å². The Hall–Kier alpha value is -1.05. The number of sulfonamides is 1. The van der Waals surface area contributed by atoms with E-state index in [0.717, 1.165) is 12.1 Å². The average molecular weight is 250 g/mol. The molecule has 1 rings (SSSR count). The Kier molecular flexibility index (Phi) is 3.95. The van der Waals surface area contributed by atoms with Crippen LogP contribution in [0.4, 0.5) is 8.78 Å². The van der Waals surface area contributed by atoms with Crippen molar-refractivity contribution in [3.05, 3.63) is 29.3 Å². The summed E-state index contributed by atoms with van der Waals surface area (Å²) in [6.07, 6.45) is 0. The van der Waals surface area contributed by atoms with Gasteiger partial charge in [-0.15, -0.1) is 0 Å². The molecule has 0 aliphatic carbocycles. The molecular weight excluding hydrogens is 238 g/mol. The molecule has 0 bridgehead atoms. The van der Waals surface area contributed by atoms with Crippen molar-refractivity contribution in [2.75, 3.05) is 6.54 Å². The Morgan fingerprint density at radius 1 is 1.38 bits per heavy atom. The standard InChI is InChI=1S/C9H12F2N2O2S/c1-2-13-5-6-7(10)3-4-8(9(6)11)16(12,14)15/h3-4,13H,2,5H2,1H3,(H2,12,14,15). The van der Waals surface area contributed by atoms with Crippen molar-refractivity contribution < 1.29 is 17.2 Å². The first-order valence-corrected chi connectivity index (χ1v) is 6.13. The lowest BCUT2D eigenvalue weighted by Crippen LogP contribution is -2.19. The number of halogens is 2. The number of benzene rings is 1. The van der Waals surface area contributed by atoms with Crippen LogP contribution in [0, 0.1) is 11.6 Å². The molecule has 0 heterocycles. The lowest BCUT2D eigenvalue weighted by Gasteiger charge is -2.08. The highest BCUT2D eigenvalue weighted by atomic mass is 32.2. The Bertz CT molecular complexity index is 489. The summed E-state index contributed by atoms with van der Waals surface area (Å²) in [4.78, 5) is -0.693. The van der Waals surface area contributed by atoms with Crippen LogP contribution in [0.2, 0.25) is 0 Å². The zero-order valence-corrected chi connectivity index (χ0v) is 9.44. The Labute approximate surface area is 92.5 Å². The minimum atomic E-state index is -4.17. The topological polar surface area (TPSA) is 72.2 Å². The minimum Gasteiger partial charge on any atom is -0.313 e. The monoisotopic (exact) mass is 250 g/mol. The SMILES string of the molecule is CCNCc1c(F)ccc(S(N)(=O)=O)c1F. The van der Waals surface area contributed by atoms with Crippen molar-refractivity contribution in [3.8, 4) is 0 Å². The maximum absolute atomic E-state index is 13.6. The zero-order valence-electron chi connectivity index (χ0n) is 8.63. The fraction of sp³-hybridized carbons (Fsp3) is 0.333. The lowest BCUT2D eigenvalue weighted by atomic mass is 10.2. The molecular formula is C9H12F2N2O2S. The van der Waals surface area contributed by atoms with Gasteiger partial charge in [0.15, 0.2) is 5.82 Å². The normalized spacial score (nSPS) is 11.8. The molecule has 0 saturated heterocycles. The molecule has 0 unspecified atom stereocenters. The van der Waals surface area contributed by atoms with Crippen LogP contribution in [-0.4, -0.2) is 15.0 Å². The highest BCUT2D eigenvalue weighted by Crippen LogP contribution is 2.19. The van der Waals surface area contributed by atoms with Gasteiger partial charge in [0.2, 0.25) is 10.0 Å². The van der Waals surface area contributed by atoms with Gasteiger partial charge >= 0.3 is 0 Å². The quantitative estimate of drug-likeness (QED) is 0.827. The first kappa shape index (κ1) is 13.0. The molecule has 1 aromatic rings. The third-order valence-corrected chi connectivity index (χ3v) is 2.94. The first-order valence-electron chi connectivity index (χ1n) is 4.58. The second-order valence-electron chi connectivity index (χ2n) is 3.16. The second-order valence-corrected chi connectivity index (χ2v) is 4.69. The summed E-state index contributed by atoms with van der Waals surface area (Å²) in [5.41, 5.74) is -0.326. The molecule has 0 radical (unpaired) electrons. The molecule has 1 aromatic carbocycles. The van der Waals surface area contributed by atoms with Crippen LogP contribution >= 0.6 is 0 Å². The molecule has 0 atom stereocenters. The third-order valence-electron chi connectivity index (χ3n) is 2.01. The molecule has 0 fully saturated rings. The Morgan fingerprint density at radius 2 is 2.00 bits per heavy atom. The van der Waals surface area contributed by atoms with Crippen molar-refractivity contribution in [3.63, 3.8) is 0 Å². The van der Waals surface area contributed by atoms with Gasteiger partial charge in [-0.1, -0.05) is 6.92 Å². The summed E-state index contributed by atoms with van der Waals surface area (Å²) in [7, 11) is -4.17. The minimum absolute atomic E-state index is 0.0858. The van der Waals surface area contributed by atoms with Crippen LogP contribution in [0.3, 0.4) is 0 Å². The van der Waals surface area contributed by atoms with Gasteiger partial charge in [0.25, 0.3) is 0 Å². The predicted octanol–water partition coefficient (Wildman–Crippen LogP) is 0.722. The highest BCUT2D eigenvalue weighted by molar-refractivity contribution is 7.89. The van der Waals surface area contributed by atoms with Crippen LogP contribution in [0.15, 0.2) is 17.0 Å². The van der Waals surface area contributed by atoms with E-state index in [1.165, 1.54) is 0 Å². The van der Waals surface area contributed by atoms with Crippen molar-refractivity contribution in [2.45, 2.75) is 18.4 Å². The fourth-order valence-corrected chi connectivity index (χ4v) is 1.84. The molecule has 90 valence electrons. The predicted molar refractivity (Wildman–Crippen MR) is 55.1 cm³/mol. The van der Waals surface area contributed by atoms with Crippen molar-refractivity contribution >= 4 is 10.0 Å². The van der Waals surface area contributed by atoms with Gasteiger partial charge in [-0.25, -0.2) is 22.3 Å².